The number of rotatable bonds is 6. The van der Waals surface area contributed by atoms with E-state index in [9.17, 15) is 14.4 Å². The van der Waals surface area contributed by atoms with Gasteiger partial charge in [0.1, 0.15) is 12.1 Å². The van der Waals surface area contributed by atoms with Crippen LogP contribution in [0.2, 0.25) is 5.02 Å². The van der Waals surface area contributed by atoms with Crippen LogP contribution in [-0.4, -0.2) is 31.4 Å². The molecule has 2 aromatic carbocycles. The fraction of sp³-hybridized carbons (Fsp3) is 0.174. The van der Waals surface area contributed by atoms with Crippen molar-refractivity contribution in [3.05, 3.63) is 81.4 Å². The second-order valence-electron chi connectivity index (χ2n) is 7.91. The zero-order valence-electron chi connectivity index (χ0n) is 17.4. The molecule has 1 aliphatic rings. The van der Waals surface area contributed by atoms with Crippen LogP contribution in [0.4, 0.5) is 5.69 Å². The van der Waals surface area contributed by atoms with E-state index < -0.39 is 17.4 Å². The monoisotopic (exact) mass is 462 g/mol. The lowest BCUT2D eigenvalue weighted by atomic mass is 10.2. The molecule has 10 heteroatoms. The standard InChI is InChI=1S/C23H19ClN6O3/c24-15-2-1-3-17(10-15)30-21-18(11-26-30)20(13-4-5-13)28-29(23(21)33)12-19(31)27-16-8-6-14(7-9-16)22(25)32/h1-3,6-11,13H,4-5,12H2,(H2,25,32)(H,27,31). The van der Waals surface area contributed by atoms with Gasteiger partial charge in [0, 0.05) is 27.6 Å². The number of halogens is 1. The van der Waals surface area contributed by atoms with E-state index in [1.54, 1.807) is 36.5 Å². The first-order valence-electron chi connectivity index (χ1n) is 10.3. The lowest BCUT2D eigenvalue weighted by Gasteiger charge is -2.11. The van der Waals surface area contributed by atoms with E-state index in [-0.39, 0.29) is 12.5 Å². The van der Waals surface area contributed by atoms with Crippen molar-refractivity contribution in [3.8, 4) is 5.69 Å². The largest absolute Gasteiger partial charge is 0.366 e. The predicted octanol–water partition coefficient (Wildman–Crippen LogP) is 2.85. The average Bonchev–Trinajstić information content (AvgIpc) is 3.53. The second kappa shape index (κ2) is 8.18. The quantitative estimate of drug-likeness (QED) is 0.455. The highest BCUT2D eigenvalue weighted by atomic mass is 35.5. The number of amides is 2. The molecule has 0 spiro atoms. The van der Waals surface area contributed by atoms with Crippen LogP contribution in [0, 0.1) is 0 Å². The molecule has 1 aliphatic carbocycles. The first-order valence-corrected chi connectivity index (χ1v) is 10.7. The van der Waals surface area contributed by atoms with Crippen molar-refractivity contribution >= 4 is 40.0 Å². The maximum atomic E-state index is 13.3. The van der Waals surface area contributed by atoms with Gasteiger partial charge in [0.2, 0.25) is 11.8 Å². The molecular formula is C23H19ClN6O3. The smallest absolute Gasteiger partial charge is 0.293 e. The van der Waals surface area contributed by atoms with Gasteiger partial charge >= 0.3 is 0 Å². The summed E-state index contributed by atoms with van der Waals surface area (Å²) < 4.78 is 2.71. The fourth-order valence-electron chi connectivity index (χ4n) is 3.72. The van der Waals surface area contributed by atoms with Crippen LogP contribution in [-0.2, 0) is 11.3 Å². The van der Waals surface area contributed by atoms with Crippen molar-refractivity contribution in [1.29, 1.82) is 0 Å². The summed E-state index contributed by atoms with van der Waals surface area (Å²) in [7, 11) is 0. The third kappa shape index (κ3) is 4.10. The minimum absolute atomic E-state index is 0.237. The lowest BCUT2D eigenvalue weighted by Crippen LogP contribution is -2.31. The summed E-state index contributed by atoms with van der Waals surface area (Å²) in [5.41, 5.74) is 7.39. The highest BCUT2D eigenvalue weighted by Crippen LogP contribution is 2.41. The molecule has 0 aliphatic heterocycles. The second-order valence-corrected chi connectivity index (χ2v) is 8.35. The van der Waals surface area contributed by atoms with Crippen molar-refractivity contribution in [2.24, 2.45) is 5.73 Å². The third-order valence-corrected chi connectivity index (χ3v) is 5.71. The Bertz CT molecular complexity index is 1450. The van der Waals surface area contributed by atoms with E-state index in [0.29, 0.717) is 32.9 Å². The van der Waals surface area contributed by atoms with Crippen LogP contribution in [0.3, 0.4) is 0 Å². The highest BCUT2D eigenvalue weighted by Gasteiger charge is 2.30. The van der Waals surface area contributed by atoms with E-state index >= 15 is 0 Å². The molecule has 5 rings (SSSR count). The Labute approximate surface area is 192 Å². The van der Waals surface area contributed by atoms with Crippen molar-refractivity contribution < 1.29 is 9.59 Å². The SMILES string of the molecule is NC(=O)c1ccc(NC(=O)Cn2nc(C3CC3)c3cnn(-c4cccc(Cl)c4)c3c2=O)cc1. The number of nitrogens with zero attached hydrogens (tertiary/aromatic N) is 4. The minimum atomic E-state index is -0.555. The fourth-order valence-corrected chi connectivity index (χ4v) is 3.90. The number of benzene rings is 2. The molecule has 2 heterocycles. The molecule has 2 aromatic heterocycles. The number of carbonyl (C=O) groups excluding carboxylic acids is 2. The van der Waals surface area contributed by atoms with Gasteiger partial charge in [-0.05, 0) is 55.3 Å². The molecule has 166 valence electrons. The lowest BCUT2D eigenvalue weighted by molar-refractivity contribution is -0.117. The molecule has 33 heavy (non-hydrogen) atoms. The number of hydrogen-bond donors (Lipinski definition) is 2. The topological polar surface area (TPSA) is 125 Å². The summed E-state index contributed by atoms with van der Waals surface area (Å²) in [4.78, 5) is 37.2. The van der Waals surface area contributed by atoms with Crippen LogP contribution in [0.25, 0.3) is 16.6 Å². The van der Waals surface area contributed by atoms with Gasteiger partial charge in [-0.15, -0.1) is 0 Å². The molecule has 0 saturated heterocycles. The van der Waals surface area contributed by atoms with Crippen molar-refractivity contribution in [3.63, 3.8) is 0 Å². The van der Waals surface area contributed by atoms with Crippen LogP contribution >= 0.6 is 11.6 Å². The molecule has 9 nitrogen and oxygen atoms in total. The van der Waals surface area contributed by atoms with E-state index in [4.69, 9.17) is 17.3 Å². The predicted molar refractivity (Wildman–Crippen MR) is 124 cm³/mol. The summed E-state index contributed by atoms with van der Waals surface area (Å²) in [6.45, 7) is -0.271. The zero-order valence-corrected chi connectivity index (χ0v) is 18.1. The van der Waals surface area contributed by atoms with E-state index in [1.807, 2.05) is 6.07 Å². The molecule has 2 amide bonds. The van der Waals surface area contributed by atoms with Gasteiger partial charge in [0.25, 0.3) is 5.56 Å². The number of nitrogens with one attached hydrogen (secondary N) is 1. The molecule has 0 atom stereocenters. The Kier molecular flexibility index (Phi) is 5.18. The van der Waals surface area contributed by atoms with Gasteiger partial charge in [0.05, 0.1) is 17.6 Å². The molecule has 1 saturated carbocycles. The summed E-state index contributed by atoms with van der Waals surface area (Å²) in [6.07, 6.45) is 3.59. The average molecular weight is 463 g/mol. The Morgan fingerprint density at radius 3 is 2.58 bits per heavy atom. The van der Waals surface area contributed by atoms with Crippen LogP contribution in [0.1, 0.15) is 34.8 Å². The Hall–Kier alpha value is -3.98. The van der Waals surface area contributed by atoms with Crippen molar-refractivity contribution in [2.75, 3.05) is 5.32 Å². The molecule has 1 fully saturated rings. The van der Waals surface area contributed by atoms with Crippen molar-refractivity contribution in [1.82, 2.24) is 19.6 Å². The number of nitrogens with two attached hydrogens (primary N) is 1. The third-order valence-electron chi connectivity index (χ3n) is 5.47. The minimum Gasteiger partial charge on any atom is -0.366 e. The van der Waals surface area contributed by atoms with Gasteiger partial charge in [-0.2, -0.15) is 10.2 Å². The number of carbonyl (C=O) groups is 2. The molecule has 0 bridgehead atoms. The Balaban J connectivity index is 1.51. The maximum Gasteiger partial charge on any atom is 0.293 e. The van der Waals surface area contributed by atoms with Crippen LogP contribution in [0.15, 0.2) is 59.5 Å². The van der Waals surface area contributed by atoms with E-state index in [2.05, 4.69) is 15.5 Å². The summed E-state index contributed by atoms with van der Waals surface area (Å²) in [5, 5.41) is 12.8. The van der Waals surface area contributed by atoms with Crippen molar-refractivity contribution in [2.45, 2.75) is 25.3 Å². The number of aromatic nitrogens is 4. The molecule has 0 radical (unpaired) electrons. The molecule has 3 N–H and O–H groups in total. The normalized spacial score (nSPS) is 13.2. The van der Waals surface area contributed by atoms with Gasteiger partial charge in [-0.1, -0.05) is 17.7 Å². The summed E-state index contributed by atoms with van der Waals surface area (Å²) >= 11 is 6.13. The first-order chi connectivity index (χ1) is 15.9. The maximum absolute atomic E-state index is 13.3. The first kappa shape index (κ1) is 20.9. The molecular weight excluding hydrogens is 444 g/mol. The van der Waals surface area contributed by atoms with Gasteiger partial charge < -0.3 is 11.1 Å². The Morgan fingerprint density at radius 2 is 1.91 bits per heavy atom. The zero-order chi connectivity index (χ0) is 23.1. The van der Waals surface area contributed by atoms with Gasteiger partial charge in [-0.25, -0.2) is 9.36 Å². The van der Waals surface area contributed by atoms with Gasteiger partial charge in [0.15, 0.2) is 0 Å². The highest BCUT2D eigenvalue weighted by molar-refractivity contribution is 6.30. The molecule has 0 unspecified atom stereocenters. The van der Waals surface area contributed by atoms with Gasteiger partial charge in [-0.3, -0.25) is 14.4 Å². The summed E-state index contributed by atoms with van der Waals surface area (Å²) in [5.74, 6) is -0.743. The van der Waals surface area contributed by atoms with Crippen LogP contribution < -0.4 is 16.6 Å². The van der Waals surface area contributed by atoms with E-state index in [0.717, 1.165) is 18.5 Å². The summed E-state index contributed by atoms with van der Waals surface area (Å²) in [6, 6.07) is 13.2. The number of fused-ring (bicyclic) bond motifs is 1. The van der Waals surface area contributed by atoms with Crippen LogP contribution in [0.5, 0.6) is 0 Å². The number of primary amides is 1. The number of hydrogen-bond acceptors (Lipinski definition) is 5. The molecule has 4 aromatic rings. The Morgan fingerprint density at radius 1 is 1.15 bits per heavy atom. The van der Waals surface area contributed by atoms with E-state index in [1.165, 1.54) is 21.5 Å². The number of anilines is 1.